The molecule has 0 bridgehead atoms. The van der Waals surface area contributed by atoms with Gasteiger partial charge in [0.2, 0.25) is 18.6 Å². The largest absolute Gasteiger partial charge is 0.461 e. The summed E-state index contributed by atoms with van der Waals surface area (Å²) in [5.41, 5.74) is 2.53. The minimum Gasteiger partial charge on any atom is -0.461 e. The van der Waals surface area contributed by atoms with Crippen LogP contribution < -0.4 is 20.1 Å². The Morgan fingerprint density at radius 2 is 2.09 bits per heavy atom. The van der Waals surface area contributed by atoms with E-state index in [4.69, 9.17) is 13.9 Å². The number of hydrogen-bond donors (Lipinski definition) is 2. The number of allylic oxidation sites excluding steroid dienone is 1. The molecule has 33 heavy (non-hydrogen) atoms. The van der Waals surface area contributed by atoms with Crippen molar-refractivity contribution in [1.82, 2.24) is 19.7 Å². The number of fused-ring (bicyclic) bond motifs is 2. The Bertz CT molecular complexity index is 1380. The van der Waals surface area contributed by atoms with Crippen LogP contribution in [0.3, 0.4) is 0 Å². The number of nitrogens with zero attached hydrogens (tertiary/aromatic N) is 4. The fourth-order valence-corrected chi connectivity index (χ4v) is 3.98. The highest BCUT2D eigenvalue weighted by molar-refractivity contribution is 6.06. The maximum atomic E-state index is 13.5. The monoisotopic (exact) mass is 442 g/mol. The first-order valence-corrected chi connectivity index (χ1v) is 10.3. The first-order valence-electron chi connectivity index (χ1n) is 10.3. The van der Waals surface area contributed by atoms with Crippen molar-refractivity contribution in [3.05, 3.63) is 78.0 Å². The van der Waals surface area contributed by atoms with Crippen molar-refractivity contribution >= 4 is 17.5 Å². The molecule has 0 saturated carbocycles. The van der Waals surface area contributed by atoms with Crippen LogP contribution >= 0.6 is 0 Å². The van der Waals surface area contributed by atoms with Crippen LogP contribution in [0, 0.1) is 0 Å². The third kappa shape index (κ3) is 3.28. The molecule has 0 spiro atoms. The number of carbonyl (C=O) groups is 1. The molecule has 3 aromatic heterocycles. The van der Waals surface area contributed by atoms with E-state index in [9.17, 15) is 4.79 Å². The fraction of sp³-hybridized carbons (Fsp3) is 0.130. The van der Waals surface area contributed by atoms with E-state index in [0.29, 0.717) is 46.0 Å². The first kappa shape index (κ1) is 19.1. The number of carbonyl (C=O) groups excluding carboxylic acids is 1. The Hall–Kier alpha value is -4.60. The molecule has 164 valence electrons. The van der Waals surface area contributed by atoms with E-state index in [1.165, 1.54) is 0 Å². The summed E-state index contributed by atoms with van der Waals surface area (Å²) in [6.45, 7) is 1.99. The second-order valence-corrected chi connectivity index (χ2v) is 7.56. The van der Waals surface area contributed by atoms with Gasteiger partial charge in [0.05, 0.1) is 23.7 Å². The van der Waals surface area contributed by atoms with E-state index < -0.39 is 6.04 Å². The van der Waals surface area contributed by atoms with Gasteiger partial charge in [-0.05, 0) is 48.9 Å². The number of amides is 1. The number of nitrogens with one attached hydrogen (secondary N) is 2. The molecule has 5 heterocycles. The lowest BCUT2D eigenvalue weighted by Gasteiger charge is -2.28. The molecule has 2 aliphatic rings. The number of hydrogen-bond acceptors (Lipinski definition) is 8. The summed E-state index contributed by atoms with van der Waals surface area (Å²) in [7, 11) is 0. The number of furan rings is 1. The van der Waals surface area contributed by atoms with Crippen LogP contribution in [0.1, 0.15) is 18.5 Å². The third-order valence-corrected chi connectivity index (χ3v) is 5.47. The van der Waals surface area contributed by atoms with Crippen LogP contribution in [0.2, 0.25) is 0 Å². The van der Waals surface area contributed by atoms with Crippen LogP contribution in [0.5, 0.6) is 11.5 Å². The highest BCUT2D eigenvalue weighted by Gasteiger charge is 2.35. The standard InChI is InChI=1S/C23H18N6O4/c1-13-19(22(30)26-15-4-2-8-24-11-15)20(14-6-7-16-18(10-14)33-12-32-16)29-23(25-13)27-21(28-29)17-5-3-9-31-17/h2-11,20H,12H2,1H3,(H,26,30)(H,25,27,28). The molecule has 2 N–H and O–H groups in total. The Morgan fingerprint density at radius 1 is 1.18 bits per heavy atom. The Kier molecular flexibility index (Phi) is 4.35. The lowest BCUT2D eigenvalue weighted by atomic mass is 9.94. The number of rotatable bonds is 4. The molecule has 1 aromatic carbocycles. The van der Waals surface area contributed by atoms with Crippen molar-refractivity contribution in [2.75, 3.05) is 17.4 Å². The van der Waals surface area contributed by atoms with Gasteiger partial charge in [-0.1, -0.05) is 6.07 Å². The lowest BCUT2D eigenvalue weighted by molar-refractivity contribution is -0.113. The van der Waals surface area contributed by atoms with Crippen LogP contribution in [0.25, 0.3) is 11.6 Å². The van der Waals surface area contributed by atoms with Gasteiger partial charge in [-0.25, -0.2) is 4.68 Å². The van der Waals surface area contributed by atoms with Gasteiger partial charge in [-0.3, -0.25) is 9.78 Å². The maximum Gasteiger partial charge on any atom is 0.255 e. The van der Waals surface area contributed by atoms with Crippen molar-refractivity contribution in [2.24, 2.45) is 0 Å². The number of aromatic nitrogens is 4. The van der Waals surface area contributed by atoms with Gasteiger partial charge < -0.3 is 24.5 Å². The second kappa shape index (κ2) is 7.52. The summed E-state index contributed by atoms with van der Waals surface area (Å²) in [5.74, 6) is 2.43. The van der Waals surface area contributed by atoms with E-state index >= 15 is 0 Å². The molecule has 0 radical (unpaired) electrons. The minimum absolute atomic E-state index is 0.158. The molecule has 4 aromatic rings. The van der Waals surface area contributed by atoms with Crippen molar-refractivity contribution in [2.45, 2.75) is 13.0 Å². The summed E-state index contributed by atoms with van der Waals surface area (Å²) >= 11 is 0. The van der Waals surface area contributed by atoms with Crippen molar-refractivity contribution in [3.63, 3.8) is 0 Å². The zero-order chi connectivity index (χ0) is 22.4. The molecule has 1 amide bonds. The van der Waals surface area contributed by atoms with Gasteiger partial charge in [-0.15, -0.1) is 5.10 Å². The molecule has 1 atom stereocenters. The predicted molar refractivity (Wildman–Crippen MR) is 118 cm³/mol. The van der Waals surface area contributed by atoms with Crippen LogP contribution in [-0.4, -0.2) is 32.4 Å². The molecule has 2 aliphatic heterocycles. The molecule has 0 fully saturated rings. The summed E-state index contributed by atoms with van der Waals surface area (Å²) < 4.78 is 18.2. The first-order chi connectivity index (χ1) is 16.2. The van der Waals surface area contributed by atoms with Gasteiger partial charge in [0.15, 0.2) is 17.3 Å². The van der Waals surface area contributed by atoms with E-state index in [1.54, 1.807) is 47.6 Å². The summed E-state index contributed by atoms with van der Waals surface area (Å²) in [5, 5.41) is 10.8. The molecular formula is C23H18N6O4. The van der Waals surface area contributed by atoms with E-state index in [-0.39, 0.29) is 12.7 Å². The smallest absolute Gasteiger partial charge is 0.255 e. The SMILES string of the molecule is CC1=C(C(=O)Nc2cccnc2)C(c2ccc3c(c2)OCO3)n2nc(-c3ccco3)nc2N1. The molecular weight excluding hydrogens is 424 g/mol. The van der Waals surface area contributed by atoms with Gasteiger partial charge in [0.1, 0.15) is 6.04 Å². The Labute approximate surface area is 187 Å². The average molecular weight is 442 g/mol. The van der Waals surface area contributed by atoms with Crippen molar-refractivity contribution in [3.8, 4) is 23.1 Å². The van der Waals surface area contributed by atoms with Gasteiger partial charge >= 0.3 is 0 Å². The number of benzene rings is 1. The van der Waals surface area contributed by atoms with E-state index in [0.717, 1.165) is 5.56 Å². The van der Waals surface area contributed by atoms with E-state index in [2.05, 4.69) is 25.7 Å². The van der Waals surface area contributed by atoms with Gasteiger partial charge in [0, 0.05) is 11.9 Å². The fourth-order valence-electron chi connectivity index (χ4n) is 3.98. The van der Waals surface area contributed by atoms with Crippen LogP contribution in [-0.2, 0) is 4.79 Å². The molecule has 10 nitrogen and oxygen atoms in total. The molecule has 0 saturated heterocycles. The normalized spacial score (nSPS) is 16.3. The Balaban J connectivity index is 1.47. The van der Waals surface area contributed by atoms with Gasteiger partial charge in [0.25, 0.3) is 5.91 Å². The number of anilines is 2. The minimum atomic E-state index is -0.566. The number of pyridine rings is 1. The summed E-state index contributed by atoms with van der Waals surface area (Å²) in [6, 6.07) is 12.1. The van der Waals surface area contributed by atoms with Crippen molar-refractivity contribution < 1.29 is 18.7 Å². The average Bonchev–Trinajstić information content (AvgIpc) is 3.58. The number of ether oxygens (including phenoxy) is 2. The summed E-state index contributed by atoms with van der Waals surface area (Å²) in [4.78, 5) is 22.1. The Morgan fingerprint density at radius 3 is 2.91 bits per heavy atom. The van der Waals surface area contributed by atoms with Crippen molar-refractivity contribution in [1.29, 1.82) is 0 Å². The topological polar surface area (TPSA) is 116 Å². The molecule has 1 unspecified atom stereocenters. The lowest BCUT2D eigenvalue weighted by Crippen LogP contribution is -2.31. The quantitative estimate of drug-likeness (QED) is 0.493. The molecule has 0 aliphatic carbocycles. The highest BCUT2D eigenvalue weighted by atomic mass is 16.7. The predicted octanol–water partition coefficient (Wildman–Crippen LogP) is 3.59. The van der Waals surface area contributed by atoms with Crippen LogP contribution in [0.4, 0.5) is 11.6 Å². The molecule has 6 rings (SSSR count). The maximum absolute atomic E-state index is 13.5. The zero-order valence-electron chi connectivity index (χ0n) is 17.5. The summed E-state index contributed by atoms with van der Waals surface area (Å²) in [6.07, 6.45) is 4.81. The van der Waals surface area contributed by atoms with E-state index in [1.807, 2.05) is 25.1 Å². The van der Waals surface area contributed by atoms with Crippen LogP contribution in [0.15, 0.2) is 76.8 Å². The third-order valence-electron chi connectivity index (χ3n) is 5.47. The highest BCUT2D eigenvalue weighted by Crippen LogP contribution is 2.41. The van der Waals surface area contributed by atoms with Gasteiger partial charge in [-0.2, -0.15) is 4.98 Å². The molecule has 10 heteroatoms. The zero-order valence-corrected chi connectivity index (χ0v) is 17.5. The second-order valence-electron chi connectivity index (χ2n) is 7.56.